The molecule has 0 saturated carbocycles. The Labute approximate surface area is 207 Å². The van der Waals surface area contributed by atoms with E-state index in [4.69, 9.17) is 27.9 Å². The molecular formula is C24H17Cl2F3N2O2S. The normalized spacial score (nSPS) is 11.7. The van der Waals surface area contributed by atoms with Crippen molar-refractivity contribution in [2.75, 3.05) is 5.75 Å². The Hall–Kier alpha value is -2.68. The summed E-state index contributed by atoms with van der Waals surface area (Å²) in [6, 6.07) is 17.8. The van der Waals surface area contributed by atoms with Crippen LogP contribution in [0.3, 0.4) is 0 Å². The number of benzene rings is 3. The van der Waals surface area contributed by atoms with Crippen LogP contribution in [-0.4, -0.2) is 21.3 Å². The molecule has 10 heteroatoms. The van der Waals surface area contributed by atoms with E-state index < -0.39 is 17.7 Å². The molecule has 176 valence electrons. The summed E-state index contributed by atoms with van der Waals surface area (Å²) in [5, 5.41) is 1.28. The van der Waals surface area contributed by atoms with Gasteiger partial charge in [-0.15, -0.1) is 0 Å². The molecule has 0 atom stereocenters. The minimum absolute atomic E-state index is 0.0230. The van der Waals surface area contributed by atoms with Crippen LogP contribution in [0.2, 0.25) is 10.0 Å². The molecule has 1 heterocycles. The van der Waals surface area contributed by atoms with E-state index in [0.717, 1.165) is 29.5 Å². The summed E-state index contributed by atoms with van der Waals surface area (Å²) >= 11 is 13.1. The zero-order chi connectivity index (χ0) is 24.3. The van der Waals surface area contributed by atoms with E-state index in [1.807, 2.05) is 30.3 Å². The van der Waals surface area contributed by atoms with Crippen LogP contribution in [0.4, 0.5) is 13.2 Å². The first-order chi connectivity index (χ1) is 16.2. The fourth-order valence-corrected chi connectivity index (χ4v) is 4.55. The number of halogens is 5. The number of aromatic nitrogens is 2. The van der Waals surface area contributed by atoms with Crippen LogP contribution in [0.15, 0.2) is 71.9 Å². The van der Waals surface area contributed by atoms with Gasteiger partial charge in [0, 0.05) is 15.6 Å². The minimum Gasteiger partial charge on any atom is -0.460 e. The van der Waals surface area contributed by atoms with Crippen molar-refractivity contribution < 1.29 is 22.7 Å². The van der Waals surface area contributed by atoms with Gasteiger partial charge in [0.15, 0.2) is 5.16 Å². The average molecular weight is 525 g/mol. The Morgan fingerprint density at radius 3 is 2.50 bits per heavy atom. The van der Waals surface area contributed by atoms with Crippen molar-refractivity contribution in [1.29, 1.82) is 0 Å². The second-order valence-corrected chi connectivity index (χ2v) is 9.14. The zero-order valence-corrected chi connectivity index (χ0v) is 19.8. The monoisotopic (exact) mass is 524 g/mol. The standard InChI is InChI=1S/C24H17Cl2F3N2O2S/c25-18-8-6-16(19(26)11-18)13-33-22(32)14-34-23-30-20-10-17(24(27,28)29)7-9-21(20)31(23)12-15-4-2-1-3-5-15/h1-11H,12-14H2. The summed E-state index contributed by atoms with van der Waals surface area (Å²) in [6.45, 7) is 0.366. The van der Waals surface area contributed by atoms with Crippen LogP contribution >= 0.6 is 35.0 Å². The Kier molecular flexibility index (Phi) is 7.40. The predicted octanol–water partition coefficient (Wildman–Crippen LogP) is 7.25. The van der Waals surface area contributed by atoms with Crippen LogP contribution in [0, 0.1) is 0 Å². The predicted molar refractivity (Wildman–Crippen MR) is 127 cm³/mol. The van der Waals surface area contributed by atoms with Gasteiger partial charge in [-0.3, -0.25) is 4.79 Å². The quantitative estimate of drug-likeness (QED) is 0.188. The van der Waals surface area contributed by atoms with E-state index in [9.17, 15) is 18.0 Å². The minimum atomic E-state index is -4.47. The molecule has 0 saturated heterocycles. The van der Waals surface area contributed by atoms with Crippen molar-refractivity contribution in [3.05, 3.63) is 93.5 Å². The van der Waals surface area contributed by atoms with Crippen molar-refractivity contribution in [3.63, 3.8) is 0 Å². The number of carbonyl (C=O) groups excluding carboxylic acids is 1. The Morgan fingerprint density at radius 1 is 1.03 bits per heavy atom. The fourth-order valence-electron chi connectivity index (χ4n) is 3.28. The number of nitrogens with zero attached hydrogens (tertiary/aromatic N) is 2. The van der Waals surface area contributed by atoms with Crippen molar-refractivity contribution >= 4 is 52.0 Å². The highest BCUT2D eigenvalue weighted by atomic mass is 35.5. The van der Waals surface area contributed by atoms with E-state index in [2.05, 4.69) is 4.98 Å². The van der Waals surface area contributed by atoms with Gasteiger partial charge in [0.1, 0.15) is 6.61 Å². The number of rotatable bonds is 7. The summed E-state index contributed by atoms with van der Waals surface area (Å²) < 4.78 is 46.6. The second kappa shape index (κ2) is 10.3. The van der Waals surface area contributed by atoms with Crippen LogP contribution in [-0.2, 0) is 28.9 Å². The molecule has 4 rings (SSSR count). The van der Waals surface area contributed by atoms with Crippen molar-refractivity contribution in [2.45, 2.75) is 24.5 Å². The van der Waals surface area contributed by atoms with Gasteiger partial charge in [0.2, 0.25) is 0 Å². The molecule has 0 aliphatic heterocycles. The maximum atomic E-state index is 13.2. The Morgan fingerprint density at radius 2 is 1.79 bits per heavy atom. The summed E-state index contributed by atoms with van der Waals surface area (Å²) in [7, 11) is 0. The Bertz CT molecular complexity index is 1330. The molecule has 3 aromatic carbocycles. The lowest BCUT2D eigenvalue weighted by atomic mass is 10.2. The number of esters is 1. The molecule has 0 radical (unpaired) electrons. The highest BCUT2D eigenvalue weighted by molar-refractivity contribution is 7.99. The van der Waals surface area contributed by atoms with Gasteiger partial charge < -0.3 is 9.30 Å². The lowest BCUT2D eigenvalue weighted by Crippen LogP contribution is -2.09. The maximum absolute atomic E-state index is 13.2. The van der Waals surface area contributed by atoms with E-state index in [1.54, 1.807) is 22.8 Å². The van der Waals surface area contributed by atoms with E-state index >= 15 is 0 Å². The highest BCUT2D eigenvalue weighted by Crippen LogP contribution is 2.33. The lowest BCUT2D eigenvalue weighted by Gasteiger charge is -2.10. The molecule has 4 nitrogen and oxygen atoms in total. The third-order valence-electron chi connectivity index (χ3n) is 4.95. The first-order valence-electron chi connectivity index (χ1n) is 10.0. The molecule has 0 N–H and O–H groups in total. The van der Waals surface area contributed by atoms with Gasteiger partial charge in [0.25, 0.3) is 0 Å². The maximum Gasteiger partial charge on any atom is 0.416 e. The molecule has 0 amide bonds. The first kappa shape index (κ1) is 24.4. The number of hydrogen-bond donors (Lipinski definition) is 0. The molecular weight excluding hydrogens is 508 g/mol. The van der Waals surface area contributed by atoms with Crippen LogP contribution in [0.25, 0.3) is 11.0 Å². The number of alkyl halides is 3. The molecule has 0 bridgehead atoms. The molecule has 0 unspecified atom stereocenters. The third-order valence-corrected chi connectivity index (χ3v) is 6.48. The van der Waals surface area contributed by atoms with Crippen LogP contribution in [0.1, 0.15) is 16.7 Å². The average Bonchev–Trinajstić information content (AvgIpc) is 3.14. The van der Waals surface area contributed by atoms with E-state index in [0.29, 0.717) is 32.8 Å². The van der Waals surface area contributed by atoms with Gasteiger partial charge in [-0.1, -0.05) is 71.4 Å². The van der Waals surface area contributed by atoms with Crippen LogP contribution < -0.4 is 0 Å². The number of carbonyl (C=O) groups is 1. The number of fused-ring (bicyclic) bond motifs is 1. The second-order valence-electron chi connectivity index (χ2n) is 7.35. The van der Waals surface area contributed by atoms with Crippen molar-refractivity contribution in [2.24, 2.45) is 0 Å². The molecule has 0 aliphatic carbocycles. The van der Waals surface area contributed by atoms with E-state index in [1.165, 1.54) is 6.07 Å². The highest BCUT2D eigenvalue weighted by Gasteiger charge is 2.31. The van der Waals surface area contributed by atoms with Crippen molar-refractivity contribution in [1.82, 2.24) is 9.55 Å². The van der Waals surface area contributed by atoms with Gasteiger partial charge in [-0.05, 0) is 35.9 Å². The van der Waals surface area contributed by atoms with E-state index in [-0.39, 0.29) is 17.9 Å². The summed E-state index contributed by atoms with van der Waals surface area (Å²) in [5.74, 6) is -0.583. The number of hydrogen-bond acceptors (Lipinski definition) is 4. The Balaban J connectivity index is 1.53. The number of ether oxygens (including phenoxy) is 1. The molecule has 0 aliphatic rings. The zero-order valence-electron chi connectivity index (χ0n) is 17.5. The smallest absolute Gasteiger partial charge is 0.416 e. The van der Waals surface area contributed by atoms with Gasteiger partial charge in [-0.25, -0.2) is 4.98 Å². The first-order valence-corrected chi connectivity index (χ1v) is 11.8. The SMILES string of the molecule is O=C(CSc1nc2cc(C(F)(F)F)ccc2n1Cc1ccccc1)OCc1ccc(Cl)cc1Cl. The molecule has 0 spiro atoms. The molecule has 4 aromatic rings. The van der Waals surface area contributed by atoms with Gasteiger partial charge in [-0.2, -0.15) is 13.2 Å². The largest absolute Gasteiger partial charge is 0.460 e. The van der Waals surface area contributed by atoms with Gasteiger partial charge >= 0.3 is 12.1 Å². The topological polar surface area (TPSA) is 44.1 Å². The molecule has 34 heavy (non-hydrogen) atoms. The summed E-state index contributed by atoms with van der Waals surface area (Å²) in [4.78, 5) is 16.7. The molecule has 0 fully saturated rings. The summed E-state index contributed by atoms with van der Waals surface area (Å²) in [5.41, 5.74) is 1.53. The summed E-state index contributed by atoms with van der Waals surface area (Å²) in [6.07, 6.45) is -4.47. The van der Waals surface area contributed by atoms with Crippen LogP contribution in [0.5, 0.6) is 0 Å². The lowest BCUT2D eigenvalue weighted by molar-refractivity contribution is -0.141. The number of thioether (sulfide) groups is 1. The number of imidazole rings is 1. The fraction of sp³-hybridized carbons (Fsp3) is 0.167. The van der Waals surface area contributed by atoms with Crippen molar-refractivity contribution in [3.8, 4) is 0 Å². The molecule has 1 aromatic heterocycles. The van der Waals surface area contributed by atoms with Gasteiger partial charge in [0.05, 0.1) is 28.9 Å². The third kappa shape index (κ3) is 5.87.